The molecule has 0 saturated heterocycles. The lowest BCUT2D eigenvalue weighted by Crippen LogP contribution is -2.24. The van der Waals surface area contributed by atoms with Crippen molar-refractivity contribution in [2.24, 2.45) is 15.7 Å². The van der Waals surface area contributed by atoms with E-state index in [0.717, 1.165) is 17.0 Å². The van der Waals surface area contributed by atoms with E-state index in [0.29, 0.717) is 5.84 Å². The highest BCUT2D eigenvalue weighted by atomic mass is 16.5. The Kier molecular flexibility index (Phi) is 2.98. The molecule has 1 aliphatic heterocycles. The first kappa shape index (κ1) is 11.5. The molecule has 0 radical (unpaired) electrons. The Bertz CT molecular complexity index is 635. The smallest absolute Gasteiger partial charge is 0.227 e. The first-order chi connectivity index (χ1) is 9.33. The fourth-order valence-electron chi connectivity index (χ4n) is 1.85. The molecule has 94 valence electrons. The van der Waals surface area contributed by atoms with Crippen molar-refractivity contribution in [3.8, 4) is 5.75 Å². The summed E-state index contributed by atoms with van der Waals surface area (Å²) in [6.07, 6.45) is 1.17. The molecule has 0 aliphatic carbocycles. The predicted molar refractivity (Wildman–Crippen MR) is 76.2 cm³/mol. The maximum atomic E-state index is 5.95. The first-order valence-corrected chi connectivity index (χ1v) is 6.01. The third-order valence-electron chi connectivity index (χ3n) is 2.79. The number of para-hydroxylation sites is 2. The van der Waals surface area contributed by atoms with E-state index in [1.165, 1.54) is 0 Å². The van der Waals surface area contributed by atoms with Gasteiger partial charge in [0, 0.05) is 5.56 Å². The summed E-state index contributed by atoms with van der Waals surface area (Å²) in [4.78, 5) is 8.64. The topological polar surface area (TPSA) is 60.0 Å². The standard InChI is InChI=1S/C15H13N3O/c16-15(11-6-2-1-3-7-11)18-14-10-17-12-8-4-5-9-13(12)19-14/h1-10,14H,(H2,16,18). The van der Waals surface area contributed by atoms with E-state index in [2.05, 4.69) is 9.98 Å². The van der Waals surface area contributed by atoms with Crippen molar-refractivity contribution >= 4 is 17.7 Å². The number of aliphatic imine (C=N–C) groups is 2. The van der Waals surface area contributed by atoms with Gasteiger partial charge in [0.2, 0.25) is 6.23 Å². The number of nitrogens with zero attached hydrogens (tertiary/aromatic N) is 2. The molecule has 19 heavy (non-hydrogen) atoms. The van der Waals surface area contributed by atoms with Crippen LogP contribution in [-0.4, -0.2) is 18.3 Å². The molecule has 2 aromatic rings. The van der Waals surface area contributed by atoms with E-state index in [1.54, 1.807) is 6.21 Å². The monoisotopic (exact) mass is 251 g/mol. The van der Waals surface area contributed by atoms with Gasteiger partial charge in [-0.15, -0.1) is 0 Å². The van der Waals surface area contributed by atoms with Gasteiger partial charge in [-0.25, -0.2) is 4.99 Å². The van der Waals surface area contributed by atoms with Crippen molar-refractivity contribution in [1.82, 2.24) is 0 Å². The second-order valence-corrected chi connectivity index (χ2v) is 4.13. The number of rotatable bonds is 2. The molecule has 0 aromatic heterocycles. The third-order valence-corrected chi connectivity index (χ3v) is 2.79. The highest BCUT2D eigenvalue weighted by molar-refractivity contribution is 5.98. The molecule has 1 unspecified atom stereocenters. The molecule has 0 spiro atoms. The molecular weight excluding hydrogens is 238 g/mol. The Morgan fingerprint density at radius 3 is 2.63 bits per heavy atom. The number of ether oxygens (including phenoxy) is 1. The lowest BCUT2D eigenvalue weighted by molar-refractivity contribution is 0.278. The Morgan fingerprint density at radius 2 is 1.79 bits per heavy atom. The summed E-state index contributed by atoms with van der Waals surface area (Å²) in [6.45, 7) is 0. The Labute approximate surface area is 111 Å². The minimum atomic E-state index is -0.477. The molecule has 0 amide bonds. The zero-order chi connectivity index (χ0) is 13.1. The molecule has 0 saturated carbocycles. The van der Waals surface area contributed by atoms with Crippen molar-refractivity contribution < 1.29 is 4.74 Å². The summed E-state index contributed by atoms with van der Waals surface area (Å²) in [5, 5.41) is 0. The minimum Gasteiger partial charge on any atom is -0.461 e. The average Bonchev–Trinajstić information content (AvgIpc) is 2.48. The van der Waals surface area contributed by atoms with Crippen LogP contribution in [0, 0.1) is 0 Å². The third kappa shape index (κ3) is 2.47. The van der Waals surface area contributed by atoms with Crippen molar-refractivity contribution in [2.45, 2.75) is 6.23 Å². The molecule has 4 nitrogen and oxygen atoms in total. The van der Waals surface area contributed by atoms with E-state index in [1.807, 2.05) is 54.6 Å². The van der Waals surface area contributed by atoms with Gasteiger partial charge in [-0.3, -0.25) is 4.99 Å². The molecule has 4 heteroatoms. The summed E-state index contributed by atoms with van der Waals surface area (Å²) >= 11 is 0. The summed E-state index contributed by atoms with van der Waals surface area (Å²) < 4.78 is 5.71. The largest absolute Gasteiger partial charge is 0.461 e. The fraction of sp³-hybridized carbons (Fsp3) is 0.0667. The molecular formula is C15H13N3O. The van der Waals surface area contributed by atoms with Gasteiger partial charge in [-0.05, 0) is 12.1 Å². The normalized spacial score (nSPS) is 17.7. The van der Waals surface area contributed by atoms with Crippen LogP contribution in [0.25, 0.3) is 0 Å². The fourth-order valence-corrected chi connectivity index (χ4v) is 1.85. The van der Waals surface area contributed by atoms with Crippen LogP contribution in [0.5, 0.6) is 5.75 Å². The zero-order valence-corrected chi connectivity index (χ0v) is 10.2. The van der Waals surface area contributed by atoms with Gasteiger partial charge in [0.15, 0.2) is 0 Å². The van der Waals surface area contributed by atoms with Crippen molar-refractivity contribution in [3.63, 3.8) is 0 Å². The van der Waals surface area contributed by atoms with Crippen molar-refractivity contribution in [1.29, 1.82) is 0 Å². The van der Waals surface area contributed by atoms with Crippen molar-refractivity contribution in [3.05, 3.63) is 60.2 Å². The van der Waals surface area contributed by atoms with Crippen LogP contribution < -0.4 is 10.5 Å². The van der Waals surface area contributed by atoms with Crippen LogP contribution in [0.4, 0.5) is 5.69 Å². The lowest BCUT2D eigenvalue weighted by atomic mass is 10.2. The molecule has 1 aliphatic rings. The summed E-state index contributed by atoms with van der Waals surface area (Å²) in [5.74, 6) is 1.16. The number of hydrogen-bond acceptors (Lipinski definition) is 3. The Morgan fingerprint density at radius 1 is 1.05 bits per heavy atom. The highest BCUT2D eigenvalue weighted by Gasteiger charge is 2.14. The summed E-state index contributed by atoms with van der Waals surface area (Å²) in [6, 6.07) is 17.2. The molecule has 1 heterocycles. The summed E-state index contributed by atoms with van der Waals surface area (Å²) in [5.41, 5.74) is 7.64. The van der Waals surface area contributed by atoms with E-state index in [9.17, 15) is 0 Å². The minimum absolute atomic E-state index is 0.441. The maximum Gasteiger partial charge on any atom is 0.227 e. The van der Waals surface area contributed by atoms with Crippen LogP contribution >= 0.6 is 0 Å². The van der Waals surface area contributed by atoms with Gasteiger partial charge in [0.1, 0.15) is 17.3 Å². The van der Waals surface area contributed by atoms with E-state index in [-0.39, 0.29) is 0 Å². The second-order valence-electron chi connectivity index (χ2n) is 4.13. The van der Waals surface area contributed by atoms with Crippen LogP contribution in [0.2, 0.25) is 0 Å². The van der Waals surface area contributed by atoms with Crippen LogP contribution in [0.3, 0.4) is 0 Å². The van der Waals surface area contributed by atoms with E-state index < -0.39 is 6.23 Å². The molecule has 1 atom stereocenters. The Hall–Kier alpha value is -2.62. The first-order valence-electron chi connectivity index (χ1n) is 6.01. The van der Waals surface area contributed by atoms with Gasteiger partial charge in [0.25, 0.3) is 0 Å². The SMILES string of the molecule is NC(=NC1C=Nc2ccccc2O1)c1ccccc1. The average molecular weight is 251 g/mol. The second kappa shape index (κ2) is 4.94. The number of amidine groups is 1. The number of nitrogens with two attached hydrogens (primary N) is 1. The van der Waals surface area contributed by atoms with Crippen LogP contribution in [0.1, 0.15) is 5.56 Å². The lowest BCUT2D eigenvalue weighted by Gasteiger charge is -2.17. The number of fused-ring (bicyclic) bond motifs is 1. The van der Waals surface area contributed by atoms with Crippen LogP contribution in [0.15, 0.2) is 64.6 Å². The summed E-state index contributed by atoms with van der Waals surface area (Å²) in [7, 11) is 0. The quantitative estimate of drug-likeness (QED) is 0.658. The molecule has 0 bridgehead atoms. The van der Waals surface area contributed by atoms with E-state index >= 15 is 0 Å². The number of hydrogen-bond donors (Lipinski definition) is 1. The molecule has 2 N–H and O–H groups in total. The van der Waals surface area contributed by atoms with Gasteiger partial charge in [-0.1, -0.05) is 42.5 Å². The van der Waals surface area contributed by atoms with Gasteiger partial charge < -0.3 is 10.5 Å². The van der Waals surface area contributed by atoms with Crippen molar-refractivity contribution in [2.75, 3.05) is 0 Å². The molecule has 3 rings (SSSR count). The molecule has 0 fully saturated rings. The predicted octanol–water partition coefficient (Wildman–Crippen LogP) is 2.51. The van der Waals surface area contributed by atoms with Crippen LogP contribution in [-0.2, 0) is 0 Å². The highest BCUT2D eigenvalue weighted by Crippen LogP contribution is 2.30. The maximum absolute atomic E-state index is 5.95. The number of benzene rings is 2. The Balaban J connectivity index is 1.83. The zero-order valence-electron chi connectivity index (χ0n) is 10.2. The van der Waals surface area contributed by atoms with Gasteiger partial charge >= 0.3 is 0 Å². The molecule has 2 aromatic carbocycles. The van der Waals surface area contributed by atoms with Gasteiger partial charge in [0.05, 0.1) is 6.21 Å². The van der Waals surface area contributed by atoms with E-state index in [4.69, 9.17) is 10.5 Å². The van der Waals surface area contributed by atoms with Gasteiger partial charge in [-0.2, -0.15) is 0 Å².